The van der Waals surface area contributed by atoms with Crippen LogP contribution in [0, 0.1) is 0 Å². The molecule has 118 valence electrons. The molecule has 2 amide bonds. The third-order valence-electron chi connectivity index (χ3n) is 3.82. The molecule has 0 aliphatic carbocycles. The summed E-state index contributed by atoms with van der Waals surface area (Å²) in [5.41, 5.74) is 1.63. The number of amides is 2. The van der Waals surface area contributed by atoms with Crippen molar-refractivity contribution in [3.63, 3.8) is 0 Å². The van der Waals surface area contributed by atoms with Crippen molar-refractivity contribution in [1.82, 2.24) is 0 Å². The first-order chi connectivity index (χ1) is 10.8. The highest BCUT2D eigenvalue weighted by Crippen LogP contribution is 2.34. The first-order valence-electron chi connectivity index (χ1n) is 7.27. The number of carbonyl (C=O) groups is 2. The van der Waals surface area contributed by atoms with Gasteiger partial charge in [0.25, 0.3) is 5.91 Å². The quantitative estimate of drug-likeness (QED) is 0.851. The lowest BCUT2D eigenvalue weighted by molar-refractivity contribution is -0.121. The van der Waals surface area contributed by atoms with Gasteiger partial charge in [0.1, 0.15) is 5.57 Å². The lowest BCUT2D eigenvalue weighted by Gasteiger charge is -2.21. The summed E-state index contributed by atoms with van der Waals surface area (Å²) in [6, 6.07) is 10.8. The standard InChI is InChI=1S/C18H17NO3S/c1-18(2,3)11-6-8-12(9-7-11)19-16(21)14(15(20)17(19)22)13-5-4-10-23-13/h4-10,20H,1-3H3. The van der Waals surface area contributed by atoms with E-state index in [1.54, 1.807) is 29.6 Å². The molecule has 0 bridgehead atoms. The highest BCUT2D eigenvalue weighted by Gasteiger charge is 2.40. The van der Waals surface area contributed by atoms with Crippen LogP contribution in [0.25, 0.3) is 5.57 Å². The molecule has 0 saturated carbocycles. The zero-order chi connectivity index (χ0) is 16.8. The van der Waals surface area contributed by atoms with Crippen LogP contribution in [0.5, 0.6) is 0 Å². The summed E-state index contributed by atoms with van der Waals surface area (Å²) in [6.45, 7) is 6.28. The van der Waals surface area contributed by atoms with Gasteiger partial charge in [-0.1, -0.05) is 39.0 Å². The summed E-state index contributed by atoms with van der Waals surface area (Å²) in [6.07, 6.45) is 0. The van der Waals surface area contributed by atoms with E-state index >= 15 is 0 Å². The predicted molar refractivity (Wildman–Crippen MR) is 91.5 cm³/mol. The molecule has 1 N–H and O–H groups in total. The molecule has 1 aliphatic rings. The van der Waals surface area contributed by atoms with E-state index in [2.05, 4.69) is 20.8 Å². The molecule has 0 spiro atoms. The Bertz CT molecular complexity index is 796. The zero-order valence-electron chi connectivity index (χ0n) is 13.2. The highest BCUT2D eigenvalue weighted by atomic mass is 32.1. The van der Waals surface area contributed by atoms with Gasteiger partial charge in [-0.05, 0) is 34.6 Å². The first kappa shape index (κ1) is 15.5. The van der Waals surface area contributed by atoms with Gasteiger partial charge in [-0.25, -0.2) is 4.90 Å². The molecule has 4 nitrogen and oxygen atoms in total. The lowest BCUT2D eigenvalue weighted by atomic mass is 9.87. The van der Waals surface area contributed by atoms with Crippen molar-refractivity contribution in [3.8, 4) is 0 Å². The van der Waals surface area contributed by atoms with Crippen LogP contribution >= 0.6 is 11.3 Å². The third-order valence-corrected chi connectivity index (χ3v) is 4.71. The molecular weight excluding hydrogens is 310 g/mol. The molecule has 0 saturated heterocycles. The van der Waals surface area contributed by atoms with Crippen LogP contribution in [0.4, 0.5) is 5.69 Å². The van der Waals surface area contributed by atoms with Gasteiger partial charge >= 0.3 is 5.91 Å². The van der Waals surface area contributed by atoms with E-state index < -0.39 is 17.6 Å². The zero-order valence-corrected chi connectivity index (χ0v) is 14.0. The number of nitrogens with zero attached hydrogens (tertiary/aromatic N) is 1. The van der Waals surface area contributed by atoms with E-state index in [1.807, 2.05) is 12.1 Å². The van der Waals surface area contributed by atoms with E-state index in [-0.39, 0.29) is 11.0 Å². The van der Waals surface area contributed by atoms with Crippen molar-refractivity contribution in [2.24, 2.45) is 0 Å². The van der Waals surface area contributed by atoms with Crippen LogP contribution in [0.1, 0.15) is 31.2 Å². The summed E-state index contributed by atoms with van der Waals surface area (Å²) in [7, 11) is 0. The largest absolute Gasteiger partial charge is 0.502 e. The number of hydrogen-bond acceptors (Lipinski definition) is 4. The minimum absolute atomic E-state index is 0.0138. The second-order valence-corrected chi connectivity index (χ2v) is 7.39. The van der Waals surface area contributed by atoms with Gasteiger partial charge in [0.2, 0.25) is 0 Å². The molecule has 1 aliphatic heterocycles. The average molecular weight is 327 g/mol. The minimum Gasteiger partial charge on any atom is -0.502 e. The van der Waals surface area contributed by atoms with Gasteiger partial charge in [-0.15, -0.1) is 11.3 Å². The van der Waals surface area contributed by atoms with Crippen molar-refractivity contribution in [2.75, 3.05) is 4.90 Å². The van der Waals surface area contributed by atoms with Crippen molar-refractivity contribution >= 4 is 34.4 Å². The van der Waals surface area contributed by atoms with Crippen LogP contribution in [-0.2, 0) is 15.0 Å². The number of rotatable bonds is 2. The number of thiophene rings is 1. The summed E-state index contributed by atoms with van der Waals surface area (Å²) < 4.78 is 0. The van der Waals surface area contributed by atoms with E-state index in [0.29, 0.717) is 10.6 Å². The highest BCUT2D eigenvalue weighted by molar-refractivity contribution is 7.11. The van der Waals surface area contributed by atoms with Gasteiger partial charge in [0.05, 0.1) is 5.69 Å². The van der Waals surface area contributed by atoms with Crippen molar-refractivity contribution in [2.45, 2.75) is 26.2 Å². The molecule has 1 aromatic heterocycles. The predicted octanol–water partition coefficient (Wildman–Crippen LogP) is 3.89. The maximum atomic E-state index is 12.6. The Labute approximate surface area is 138 Å². The summed E-state index contributed by atoms with van der Waals surface area (Å²) in [5, 5.41) is 11.9. The number of carbonyl (C=O) groups excluding carboxylic acids is 2. The molecule has 0 atom stereocenters. The fourth-order valence-corrected chi connectivity index (χ4v) is 3.27. The van der Waals surface area contributed by atoms with Gasteiger partial charge in [0.15, 0.2) is 5.76 Å². The van der Waals surface area contributed by atoms with Gasteiger partial charge in [-0.3, -0.25) is 9.59 Å². The lowest BCUT2D eigenvalue weighted by Crippen LogP contribution is -2.31. The summed E-state index contributed by atoms with van der Waals surface area (Å²) in [5.74, 6) is -1.65. The normalized spacial score (nSPS) is 15.7. The molecule has 1 aromatic carbocycles. The summed E-state index contributed by atoms with van der Waals surface area (Å²) >= 11 is 1.32. The first-order valence-corrected chi connectivity index (χ1v) is 8.15. The Kier molecular flexibility index (Phi) is 3.60. The number of aliphatic hydroxyl groups excluding tert-OH is 1. The molecule has 5 heteroatoms. The van der Waals surface area contributed by atoms with Gasteiger partial charge < -0.3 is 5.11 Å². The maximum absolute atomic E-state index is 12.6. The molecule has 0 fully saturated rings. The van der Waals surface area contributed by atoms with Crippen LogP contribution < -0.4 is 4.90 Å². The smallest absolute Gasteiger partial charge is 0.301 e. The number of hydrogen-bond donors (Lipinski definition) is 1. The Balaban J connectivity index is 1.97. The topological polar surface area (TPSA) is 57.6 Å². The van der Waals surface area contributed by atoms with E-state index in [9.17, 15) is 14.7 Å². The third kappa shape index (κ3) is 2.57. The van der Waals surface area contributed by atoms with Crippen LogP contribution in [-0.4, -0.2) is 16.9 Å². The molecule has 0 radical (unpaired) electrons. The number of aliphatic hydroxyl groups is 1. The molecule has 2 heterocycles. The molecule has 2 aromatic rings. The maximum Gasteiger partial charge on any atom is 0.301 e. The van der Waals surface area contributed by atoms with E-state index in [0.717, 1.165) is 10.5 Å². The minimum atomic E-state index is -0.679. The van der Waals surface area contributed by atoms with Gasteiger partial charge in [-0.2, -0.15) is 0 Å². The average Bonchev–Trinajstić information content (AvgIpc) is 3.07. The molecule has 0 unspecified atom stereocenters. The van der Waals surface area contributed by atoms with E-state index in [4.69, 9.17) is 0 Å². The summed E-state index contributed by atoms with van der Waals surface area (Å²) in [4.78, 5) is 26.5. The fraction of sp³-hybridized carbons (Fsp3) is 0.222. The van der Waals surface area contributed by atoms with Crippen LogP contribution in [0.3, 0.4) is 0 Å². The van der Waals surface area contributed by atoms with Crippen molar-refractivity contribution in [3.05, 3.63) is 58.0 Å². The Morgan fingerprint density at radius 3 is 2.17 bits per heavy atom. The molecular formula is C18H17NO3S. The number of benzene rings is 1. The monoisotopic (exact) mass is 327 g/mol. The van der Waals surface area contributed by atoms with Crippen LogP contribution in [0.15, 0.2) is 47.5 Å². The van der Waals surface area contributed by atoms with Crippen molar-refractivity contribution < 1.29 is 14.7 Å². The van der Waals surface area contributed by atoms with Gasteiger partial charge in [0, 0.05) is 4.88 Å². The Morgan fingerprint density at radius 1 is 1.00 bits per heavy atom. The fourth-order valence-electron chi connectivity index (χ4n) is 2.51. The van der Waals surface area contributed by atoms with Crippen molar-refractivity contribution in [1.29, 1.82) is 0 Å². The number of imide groups is 1. The molecule has 3 rings (SSSR count). The number of anilines is 1. The van der Waals surface area contributed by atoms with E-state index in [1.165, 1.54) is 11.3 Å². The second kappa shape index (κ2) is 5.35. The van der Waals surface area contributed by atoms with Crippen LogP contribution in [0.2, 0.25) is 0 Å². The Morgan fingerprint density at radius 2 is 1.65 bits per heavy atom. The Hall–Kier alpha value is -2.40. The SMILES string of the molecule is CC(C)(C)c1ccc(N2C(=O)C(O)=C(c3cccs3)C2=O)cc1. The molecule has 23 heavy (non-hydrogen) atoms. The second-order valence-electron chi connectivity index (χ2n) is 6.44.